The third-order valence-electron chi connectivity index (χ3n) is 4.36. The number of non-ortho nitro benzene ring substituents is 1. The van der Waals surface area contributed by atoms with Crippen LogP contribution >= 0.6 is 0 Å². The van der Waals surface area contributed by atoms with E-state index in [1.807, 2.05) is 0 Å². The number of esters is 1. The van der Waals surface area contributed by atoms with Gasteiger partial charge in [-0.15, -0.1) is 0 Å². The Bertz CT molecular complexity index is 947. The molecule has 0 aromatic heterocycles. The van der Waals surface area contributed by atoms with Gasteiger partial charge in [-0.2, -0.15) is 0 Å². The number of nitro groups is 1. The van der Waals surface area contributed by atoms with Gasteiger partial charge < -0.3 is 15.4 Å². The first-order chi connectivity index (χ1) is 14.7. The molecule has 0 bridgehead atoms. The van der Waals surface area contributed by atoms with E-state index >= 15 is 0 Å². The molecule has 0 aliphatic carbocycles. The van der Waals surface area contributed by atoms with Gasteiger partial charge in [0.05, 0.1) is 17.4 Å². The maximum atomic E-state index is 13.0. The van der Waals surface area contributed by atoms with Crippen LogP contribution in [0.3, 0.4) is 0 Å². The Morgan fingerprint density at radius 1 is 1.06 bits per heavy atom. The zero-order valence-corrected chi connectivity index (χ0v) is 17.0. The minimum absolute atomic E-state index is 0.0328. The summed E-state index contributed by atoms with van der Waals surface area (Å²) in [6, 6.07) is 10.3. The third kappa shape index (κ3) is 7.18. The number of benzene rings is 2. The SMILES string of the molecule is C[C@@H](OC(=O)CCNC(=O)c1ccc([N+](=O)[O-])cc1)C(=O)N[C@H](C)c1ccc(F)cc1. The molecule has 0 fully saturated rings. The number of hydrogen-bond acceptors (Lipinski definition) is 6. The fourth-order valence-electron chi connectivity index (χ4n) is 2.59. The molecule has 2 amide bonds. The van der Waals surface area contributed by atoms with E-state index in [0.29, 0.717) is 5.56 Å². The Kier molecular flexibility index (Phi) is 8.18. The molecular weight excluding hydrogens is 409 g/mol. The molecule has 164 valence electrons. The van der Waals surface area contributed by atoms with Crippen molar-refractivity contribution in [1.82, 2.24) is 10.6 Å². The monoisotopic (exact) mass is 431 g/mol. The summed E-state index contributed by atoms with van der Waals surface area (Å²) in [7, 11) is 0. The Morgan fingerprint density at radius 3 is 2.26 bits per heavy atom. The van der Waals surface area contributed by atoms with Crippen LogP contribution < -0.4 is 10.6 Å². The number of halogens is 1. The van der Waals surface area contributed by atoms with E-state index < -0.39 is 34.9 Å². The summed E-state index contributed by atoms with van der Waals surface area (Å²) in [6.07, 6.45) is -1.22. The van der Waals surface area contributed by atoms with E-state index in [-0.39, 0.29) is 30.0 Å². The second kappa shape index (κ2) is 10.8. The second-order valence-electron chi connectivity index (χ2n) is 6.72. The molecule has 0 spiro atoms. The molecule has 10 heteroatoms. The Hall–Kier alpha value is -3.82. The third-order valence-corrected chi connectivity index (χ3v) is 4.36. The molecule has 2 aromatic rings. The topological polar surface area (TPSA) is 128 Å². The van der Waals surface area contributed by atoms with Gasteiger partial charge in [0.15, 0.2) is 6.10 Å². The number of nitro benzene ring substituents is 1. The maximum Gasteiger partial charge on any atom is 0.308 e. The number of carbonyl (C=O) groups excluding carboxylic acids is 3. The number of hydrogen-bond donors (Lipinski definition) is 2. The van der Waals surface area contributed by atoms with Gasteiger partial charge in [-0.1, -0.05) is 12.1 Å². The molecule has 9 nitrogen and oxygen atoms in total. The van der Waals surface area contributed by atoms with Crippen LogP contribution in [0.4, 0.5) is 10.1 Å². The van der Waals surface area contributed by atoms with Gasteiger partial charge >= 0.3 is 5.97 Å². The van der Waals surface area contributed by atoms with Crippen LogP contribution in [0, 0.1) is 15.9 Å². The largest absolute Gasteiger partial charge is 0.452 e. The van der Waals surface area contributed by atoms with Crippen molar-refractivity contribution in [3.63, 3.8) is 0 Å². The molecular formula is C21H22FN3O6. The van der Waals surface area contributed by atoms with Crippen LogP contribution in [-0.2, 0) is 14.3 Å². The van der Waals surface area contributed by atoms with Crippen molar-refractivity contribution in [2.75, 3.05) is 6.54 Å². The minimum Gasteiger partial charge on any atom is -0.452 e. The fraction of sp³-hybridized carbons (Fsp3) is 0.286. The van der Waals surface area contributed by atoms with Crippen molar-refractivity contribution in [3.05, 3.63) is 75.6 Å². The highest BCUT2D eigenvalue weighted by atomic mass is 19.1. The highest BCUT2D eigenvalue weighted by Gasteiger charge is 2.20. The number of amides is 2. The van der Waals surface area contributed by atoms with E-state index in [9.17, 15) is 28.9 Å². The molecule has 0 aliphatic heterocycles. The molecule has 2 N–H and O–H groups in total. The van der Waals surface area contributed by atoms with Crippen LogP contribution in [0.2, 0.25) is 0 Å². The Labute approximate surface area is 177 Å². The normalized spacial score (nSPS) is 12.4. The molecule has 0 heterocycles. The summed E-state index contributed by atoms with van der Waals surface area (Å²) in [5.74, 6) is -2.08. The lowest BCUT2D eigenvalue weighted by atomic mass is 10.1. The molecule has 2 atom stereocenters. The molecule has 31 heavy (non-hydrogen) atoms. The fourth-order valence-corrected chi connectivity index (χ4v) is 2.59. The van der Waals surface area contributed by atoms with Crippen LogP contribution in [0.5, 0.6) is 0 Å². The zero-order chi connectivity index (χ0) is 23.0. The average molecular weight is 431 g/mol. The maximum absolute atomic E-state index is 13.0. The number of rotatable bonds is 9. The van der Waals surface area contributed by atoms with Crippen molar-refractivity contribution < 1.29 is 28.4 Å². The van der Waals surface area contributed by atoms with Crippen molar-refractivity contribution in [1.29, 1.82) is 0 Å². The number of carbonyl (C=O) groups is 3. The lowest BCUT2D eigenvalue weighted by Crippen LogP contribution is -2.37. The van der Waals surface area contributed by atoms with E-state index in [0.717, 1.165) is 0 Å². The van der Waals surface area contributed by atoms with Crippen molar-refractivity contribution in [2.45, 2.75) is 32.4 Å². The van der Waals surface area contributed by atoms with Gasteiger partial charge in [-0.25, -0.2) is 4.39 Å². The zero-order valence-electron chi connectivity index (χ0n) is 17.0. The Morgan fingerprint density at radius 2 is 1.68 bits per heavy atom. The molecule has 2 aromatic carbocycles. The minimum atomic E-state index is -1.05. The van der Waals surface area contributed by atoms with Crippen LogP contribution in [0.15, 0.2) is 48.5 Å². The van der Waals surface area contributed by atoms with Gasteiger partial charge in [0.25, 0.3) is 17.5 Å². The van der Waals surface area contributed by atoms with E-state index in [1.54, 1.807) is 19.1 Å². The number of nitrogens with one attached hydrogen (secondary N) is 2. The van der Waals surface area contributed by atoms with Gasteiger partial charge in [0.1, 0.15) is 5.82 Å². The highest BCUT2D eigenvalue weighted by molar-refractivity contribution is 5.94. The van der Waals surface area contributed by atoms with Crippen molar-refractivity contribution in [2.24, 2.45) is 0 Å². The van der Waals surface area contributed by atoms with Gasteiger partial charge in [-0.05, 0) is 43.7 Å². The summed E-state index contributed by atoms with van der Waals surface area (Å²) in [5.41, 5.74) is 0.768. The molecule has 0 saturated heterocycles. The van der Waals surface area contributed by atoms with Gasteiger partial charge in [-0.3, -0.25) is 24.5 Å². The molecule has 2 rings (SSSR count). The molecule has 0 aliphatic rings. The van der Waals surface area contributed by atoms with Gasteiger partial charge in [0.2, 0.25) is 0 Å². The van der Waals surface area contributed by atoms with E-state index in [1.165, 1.54) is 43.3 Å². The van der Waals surface area contributed by atoms with Crippen molar-refractivity contribution in [3.8, 4) is 0 Å². The molecule has 0 radical (unpaired) electrons. The lowest BCUT2D eigenvalue weighted by Gasteiger charge is -2.18. The molecule has 0 saturated carbocycles. The standard InChI is InChI=1S/C21H22FN3O6/c1-13(15-3-7-17(22)8-4-15)24-20(27)14(2)31-19(26)11-12-23-21(28)16-5-9-18(10-6-16)25(29)30/h3-10,13-14H,11-12H2,1-2H3,(H,23,28)(H,24,27)/t13-,14-/m1/s1. The summed E-state index contributed by atoms with van der Waals surface area (Å²) in [4.78, 5) is 46.2. The second-order valence-corrected chi connectivity index (χ2v) is 6.72. The van der Waals surface area contributed by atoms with E-state index in [2.05, 4.69) is 10.6 Å². The highest BCUT2D eigenvalue weighted by Crippen LogP contribution is 2.14. The first-order valence-electron chi connectivity index (χ1n) is 9.45. The van der Waals surface area contributed by atoms with Crippen molar-refractivity contribution >= 4 is 23.5 Å². The number of ether oxygens (including phenoxy) is 1. The summed E-state index contributed by atoms with van der Waals surface area (Å²) >= 11 is 0. The summed E-state index contributed by atoms with van der Waals surface area (Å²) in [5, 5.41) is 15.8. The van der Waals surface area contributed by atoms with Gasteiger partial charge in [0, 0.05) is 24.2 Å². The number of nitrogens with zero attached hydrogens (tertiary/aromatic N) is 1. The molecule has 0 unspecified atom stereocenters. The quantitative estimate of drug-likeness (QED) is 0.357. The first kappa shape index (κ1) is 23.5. The lowest BCUT2D eigenvalue weighted by molar-refractivity contribution is -0.384. The van der Waals surface area contributed by atoms with Crippen LogP contribution in [0.1, 0.15) is 42.2 Å². The van der Waals surface area contributed by atoms with Crippen LogP contribution in [-0.4, -0.2) is 35.4 Å². The van der Waals surface area contributed by atoms with Crippen LogP contribution in [0.25, 0.3) is 0 Å². The smallest absolute Gasteiger partial charge is 0.308 e. The summed E-state index contributed by atoms with van der Waals surface area (Å²) < 4.78 is 18.0. The Balaban J connectivity index is 1.74. The average Bonchev–Trinajstić information content (AvgIpc) is 2.74. The first-order valence-corrected chi connectivity index (χ1v) is 9.45. The predicted octanol–water partition coefficient (Wildman–Crippen LogP) is 2.66. The van der Waals surface area contributed by atoms with E-state index in [4.69, 9.17) is 4.74 Å². The summed E-state index contributed by atoms with van der Waals surface area (Å²) in [6.45, 7) is 3.10. The predicted molar refractivity (Wildman–Crippen MR) is 109 cm³/mol.